The van der Waals surface area contributed by atoms with Crippen molar-refractivity contribution in [3.63, 3.8) is 0 Å². The Bertz CT molecular complexity index is 5100. The van der Waals surface area contributed by atoms with Crippen LogP contribution in [-0.4, -0.2) is 49.0 Å². The number of hydrogen-bond acceptors (Lipinski definition) is 20. The third-order valence-corrected chi connectivity index (χ3v) is 20.8. The Morgan fingerprint density at radius 2 is 0.395 bits per heavy atom. The molecule has 4 amide bonds. The van der Waals surface area contributed by atoms with Crippen molar-refractivity contribution >= 4 is 71.7 Å². The standard InChI is InChI=1S/C100H92N4O20/c1-9-73-77-49-78(86(118-94(106)102-70-43-35-62(6)36-44-70)53-85(77)117-93(105)101-69-41-33-61(5)34-42-69)74(10-2)83-52-84(92(124-100(112)116-60-68-31-23-16-24-32-68)56-91(83)123-99(111)115-59-67-29-21-15-22-30-67)76(12-4)80-50-79(87(119-95(107)103-71-45-37-63(7)38-46-71)54-88(80)120-96(108)104-72-47-39-64(8)40-48-72)75(11-3)82-51-81(73)89(121-97(109)113-57-65-25-17-13-18-26-65)55-90(82)122-98(110)114-58-66-27-19-14-20-28-66/h13-56,73-76H,9-12,57-60H2,1-8H3,(H,101,105)(H,102,106)(H,103,107)(H,104,108). The Kier molecular flexibility index (Phi) is 28.8. The lowest BCUT2D eigenvalue weighted by Gasteiger charge is -2.30. The molecule has 4 atom stereocenters. The van der Waals surface area contributed by atoms with Crippen LogP contribution >= 0.6 is 0 Å². The molecular formula is C100H92N4O20. The topological polar surface area (TPSA) is 295 Å². The van der Waals surface area contributed by atoms with E-state index in [0.29, 0.717) is 45.0 Å². The Balaban J connectivity index is 1.14. The molecule has 8 bridgehead atoms. The molecule has 4 unspecified atom stereocenters. The van der Waals surface area contributed by atoms with Gasteiger partial charge in [-0.3, -0.25) is 21.3 Å². The quantitative estimate of drug-likeness (QED) is 0.0248. The average Bonchev–Trinajstić information content (AvgIpc) is 0.743. The van der Waals surface area contributed by atoms with Gasteiger partial charge >= 0.3 is 49.0 Å². The van der Waals surface area contributed by atoms with Crippen molar-refractivity contribution in [1.82, 2.24) is 0 Å². The zero-order valence-corrected chi connectivity index (χ0v) is 69.5. The van der Waals surface area contributed by atoms with Crippen LogP contribution in [0.3, 0.4) is 0 Å². The van der Waals surface area contributed by atoms with E-state index in [1.54, 1.807) is 243 Å². The zero-order chi connectivity index (χ0) is 87.2. The highest BCUT2D eigenvalue weighted by Gasteiger charge is 2.38. The van der Waals surface area contributed by atoms with Crippen LogP contribution in [0.1, 0.15) is 166 Å². The first-order chi connectivity index (χ1) is 60.1. The summed E-state index contributed by atoms with van der Waals surface area (Å²) in [4.78, 5) is 120. The summed E-state index contributed by atoms with van der Waals surface area (Å²) in [6.07, 6.45) is -8.71. The molecule has 0 saturated heterocycles. The molecule has 0 saturated carbocycles. The maximum atomic E-state index is 15.0. The molecule has 0 heterocycles. The van der Waals surface area contributed by atoms with Crippen molar-refractivity contribution in [2.45, 2.75) is 131 Å². The van der Waals surface area contributed by atoms with E-state index in [9.17, 15) is 19.2 Å². The van der Waals surface area contributed by atoms with Crippen LogP contribution in [0, 0.1) is 27.7 Å². The molecule has 0 fully saturated rings. The maximum Gasteiger partial charge on any atom is 0.514 e. The number of amides is 4. The van der Waals surface area contributed by atoms with Crippen molar-refractivity contribution in [3.8, 4) is 46.0 Å². The molecule has 24 nitrogen and oxygen atoms in total. The summed E-state index contributed by atoms with van der Waals surface area (Å²) < 4.78 is 75.7. The summed E-state index contributed by atoms with van der Waals surface area (Å²) >= 11 is 0. The molecule has 632 valence electrons. The highest BCUT2D eigenvalue weighted by Crippen LogP contribution is 2.54. The second-order valence-electron chi connectivity index (χ2n) is 29.6. The number of rotatable bonds is 24. The number of aryl methyl sites for hydroxylation is 4. The minimum atomic E-state index is -1.21. The molecule has 0 aromatic heterocycles. The number of fused-ring (bicyclic) bond motifs is 8. The minimum Gasteiger partial charge on any atom is -0.429 e. The Hall–Kier alpha value is -15.2. The van der Waals surface area contributed by atoms with Gasteiger partial charge in [-0.05, 0) is 148 Å². The van der Waals surface area contributed by atoms with E-state index in [2.05, 4.69) is 21.3 Å². The number of hydrogen-bond donors (Lipinski definition) is 4. The lowest BCUT2D eigenvalue weighted by molar-refractivity contribution is 0.0888. The fraction of sp³-hybridized carbons (Fsp3) is 0.200. The average molecular weight is 1670 g/mol. The Morgan fingerprint density at radius 1 is 0.226 bits per heavy atom. The fourth-order valence-corrected chi connectivity index (χ4v) is 14.6. The number of nitrogens with one attached hydrogen (secondary N) is 4. The summed E-state index contributed by atoms with van der Waals surface area (Å²) in [7, 11) is 0. The Morgan fingerprint density at radius 3 is 0.565 bits per heavy atom. The van der Waals surface area contributed by atoms with Gasteiger partial charge in [0.25, 0.3) is 0 Å². The van der Waals surface area contributed by atoms with E-state index in [1.807, 2.05) is 55.4 Å². The van der Waals surface area contributed by atoms with Crippen LogP contribution in [0.2, 0.25) is 0 Å². The van der Waals surface area contributed by atoms with E-state index in [1.165, 1.54) is 24.3 Å². The second kappa shape index (κ2) is 41.2. The molecule has 24 heteroatoms. The fourth-order valence-electron chi connectivity index (χ4n) is 14.6. The lowest BCUT2D eigenvalue weighted by Crippen LogP contribution is -2.22. The lowest BCUT2D eigenvalue weighted by atomic mass is 9.77. The van der Waals surface area contributed by atoms with Gasteiger partial charge in [-0.15, -0.1) is 0 Å². The third-order valence-electron chi connectivity index (χ3n) is 20.8. The van der Waals surface area contributed by atoms with Gasteiger partial charge in [-0.1, -0.05) is 220 Å². The number of ether oxygens (including phenoxy) is 12. The van der Waals surface area contributed by atoms with Crippen LogP contribution in [0.15, 0.2) is 267 Å². The van der Waals surface area contributed by atoms with Gasteiger partial charge in [0.15, 0.2) is 0 Å². The van der Waals surface area contributed by atoms with Crippen molar-refractivity contribution in [2.24, 2.45) is 0 Å². The van der Waals surface area contributed by atoms with E-state index in [0.717, 1.165) is 22.3 Å². The normalized spacial score (nSPS) is 13.7. The molecular weight excluding hydrogens is 1580 g/mol. The van der Waals surface area contributed by atoms with Crippen LogP contribution in [0.25, 0.3) is 0 Å². The molecule has 1 aliphatic rings. The van der Waals surface area contributed by atoms with Gasteiger partial charge in [0.2, 0.25) is 0 Å². The SMILES string of the molecule is CCC1c2cc(c(OC(=O)Nc3ccc(C)cc3)cc2OC(=O)Nc2ccc(C)cc2)C(CC)c2cc(c(OC(=O)OCc3ccccc3)cc2OC(=O)OCc2ccccc2)C(CC)c2cc(c(OC(=O)Nc3ccc(C)cc3)cc2OC(=O)Nc2ccc(C)cc2)C(CC)c2cc1c(OC(=O)OCc1ccccc1)cc2OC(=O)OCc1ccccc1. The molecule has 0 aliphatic heterocycles. The predicted octanol–water partition coefficient (Wildman–Crippen LogP) is 24.7. The minimum absolute atomic E-state index is 0.0377. The third kappa shape index (κ3) is 22.8. The number of anilines is 4. The highest BCUT2D eigenvalue weighted by molar-refractivity contribution is 5.90. The number of carbonyl (C=O) groups is 8. The largest absolute Gasteiger partial charge is 0.514 e. The zero-order valence-electron chi connectivity index (χ0n) is 69.5. The summed E-state index contributed by atoms with van der Waals surface area (Å²) in [6.45, 7) is 13.8. The number of carbonyl (C=O) groups excluding carboxylic acids is 8. The summed E-state index contributed by atoms with van der Waals surface area (Å²) in [5.74, 6) is -6.46. The molecule has 4 N–H and O–H groups in total. The molecule has 124 heavy (non-hydrogen) atoms. The van der Waals surface area contributed by atoms with Crippen molar-refractivity contribution in [2.75, 3.05) is 21.3 Å². The number of benzene rings is 12. The van der Waals surface area contributed by atoms with Gasteiger partial charge in [0.1, 0.15) is 72.4 Å². The van der Waals surface area contributed by atoms with Crippen molar-refractivity contribution in [3.05, 3.63) is 356 Å². The van der Waals surface area contributed by atoms with Crippen LogP contribution in [0.4, 0.5) is 61.1 Å². The van der Waals surface area contributed by atoms with Crippen molar-refractivity contribution < 1.29 is 95.2 Å². The predicted molar refractivity (Wildman–Crippen MR) is 467 cm³/mol. The van der Waals surface area contributed by atoms with E-state index in [4.69, 9.17) is 56.8 Å². The molecule has 13 rings (SSSR count). The molecule has 1 aliphatic carbocycles. The molecule has 12 aromatic rings. The first-order valence-electron chi connectivity index (χ1n) is 40.6. The molecule has 0 spiro atoms. The van der Waals surface area contributed by atoms with Crippen LogP contribution < -0.4 is 59.2 Å². The van der Waals surface area contributed by atoms with Gasteiger partial charge < -0.3 is 56.8 Å². The van der Waals surface area contributed by atoms with E-state index in [-0.39, 0.29) is 143 Å². The monoisotopic (exact) mass is 1670 g/mol. The molecule has 0 radical (unpaired) electrons. The summed E-state index contributed by atoms with van der Waals surface area (Å²) in [5, 5.41) is 11.3. The van der Waals surface area contributed by atoms with Gasteiger partial charge in [0, 0.05) is 115 Å². The second-order valence-corrected chi connectivity index (χ2v) is 29.6. The maximum absolute atomic E-state index is 15.0. The van der Waals surface area contributed by atoms with Gasteiger partial charge in [-0.25, -0.2) is 38.4 Å². The van der Waals surface area contributed by atoms with E-state index < -0.39 is 72.7 Å². The smallest absolute Gasteiger partial charge is 0.429 e. The first kappa shape index (κ1) is 86.6. The van der Waals surface area contributed by atoms with Crippen LogP contribution in [0.5, 0.6) is 46.0 Å². The first-order valence-corrected chi connectivity index (χ1v) is 40.6. The summed E-state index contributed by atoms with van der Waals surface area (Å²) in [6, 6.07) is 75.4. The molecule has 12 aromatic carbocycles. The van der Waals surface area contributed by atoms with E-state index >= 15 is 19.2 Å². The highest BCUT2D eigenvalue weighted by atomic mass is 16.7. The van der Waals surface area contributed by atoms with Crippen LogP contribution in [-0.2, 0) is 45.4 Å². The van der Waals surface area contributed by atoms with Gasteiger partial charge in [0.05, 0.1) is 0 Å². The van der Waals surface area contributed by atoms with Crippen molar-refractivity contribution in [1.29, 1.82) is 0 Å². The van der Waals surface area contributed by atoms with Gasteiger partial charge in [-0.2, -0.15) is 0 Å². The summed E-state index contributed by atoms with van der Waals surface area (Å²) in [5.41, 5.74) is 8.72. The Labute approximate surface area is 717 Å².